The summed E-state index contributed by atoms with van der Waals surface area (Å²) >= 11 is 0. The highest BCUT2D eigenvalue weighted by molar-refractivity contribution is 5.69. The fraction of sp³-hybridized carbons (Fsp3) is 0.923. The fourth-order valence-electron chi connectivity index (χ4n) is 1.51. The predicted octanol–water partition coefficient (Wildman–Crippen LogP) is 2.89. The summed E-state index contributed by atoms with van der Waals surface area (Å²) < 4.78 is 5.12. The SMILES string of the molecule is CCCCCCCCOC(=O)CCNCC. The van der Waals surface area contributed by atoms with E-state index in [1.807, 2.05) is 6.92 Å². The van der Waals surface area contributed by atoms with Gasteiger partial charge in [-0.15, -0.1) is 0 Å². The zero-order valence-electron chi connectivity index (χ0n) is 10.9. The van der Waals surface area contributed by atoms with Crippen LogP contribution in [-0.2, 0) is 9.53 Å². The molecule has 0 bridgehead atoms. The second-order valence-electron chi connectivity index (χ2n) is 4.09. The van der Waals surface area contributed by atoms with Crippen LogP contribution >= 0.6 is 0 Å². The minimum absolute atomic E-state index is 0.0745. The third-order valence-electron chi connectivity index (χ3n) is 2.52. The lowest BCUT2D eigenvalue weighted by molar-refractivity contribution is -0.143. The Hall–Kier alpha value is -0.570. The van der Waals surface area contributed by atoms with Crippen molar-refractivity contribution in [3.63, 3.8) is 0 Å². The van der Waals surface area contributed by atoms with Crippen LogP contribution in [0.1, 0.15) is 58.8 Å². The van der Waals surface area contributed by atoms with Gasteiger partial charge in [-0.1, -0.05) is 46.0 Å². The topological polar surface area (TPSA) is 38.3 Å². The maximum absolute atomic E-state index is 11.2. The molecule has 0 aliphatic heterocycles. The van der Waals surface area contributed by atoms with Crippen molar-refractivity contribution in [2.24, 2.45) is 0 Å². The molecule has 0 atom stereocenters. The van der Waals surface area contributed by atoms with E-state index in [1.165, 1.54) is 32.1 Å². The monoisotopic (exact) mass is 229 g/mol. The standard InChI is InChI=1S/C13H27NO2/c1-3-5-6-7-8-9-12-16-13(15)10-11-14-4-2/h14H,3-12H2,1-2H3. The van der Waals surface area contributed by atoms with E-state index >= 15 is 0 Å². The largest absolute Gasteiger partial charge is 0.466 e. The van der Waals surface area contributed by atoms with Crippen molar-refractivity contribution >= 4 is 5.97 Å². The molecule has 1 N–H and O–H groups in total. The number of hydrogen-bond donors (Lipinski definition) is 1. The molecule has 0 radical (unpaired) electrons. The number of ether oxygens (including phenoxy) is 1. The summed E-state index contributed by atoms with van der Waals surface area (Å²) in [6.07, 6.45) is 7.86. The van der Waals surface area contributed by atoms with Crippen LogP contribution in [0.4, 0.5) is 0 Å². The summed E-state index contributed by atoms with van der Waals surface area (Å²) in [6.45, 7) is 6.47. The van der Waals surface area contributed by atoms with Crippen molar-refractivity contribution in [1.82, 2.24) is 5.32 Å². The normalized spacial score (nSPS) is 10.4. The van der Waals surface area contributed by atoms with E-state index in [9.17, 15) is 4.79 Å². The van der Waals surface area contributed by atoms with Gasteiger partial charge in [0, 0.05) is 6.54 Å². The zero-order chi connectivity index (χ0) is 12.1. The van der Waals surface area contributed by atoms with Gasteiger partial charge in [-0.25, -0.2) is 0 Å². The highest BCUT2D eigenvalue weighted by Gasteiger charge is 2.00. The van der Waals surface area contributed by atoms with E-state index in [-0.39, 0.29) is 5.97 Å². The molecule has 96 valence electrons. The summed E-state index contributed by atoms with van der Waals surface area (Å²) in [7, 11) is 0. The van der Waals surface area contributed by atoms with Crippen LogP contribution in [-0.4, -0.2) is 25.7 Å². The van der Waals surface area contributed by atoms with Gasteiger partial charge >= 0.3 is 5.97 Å². The smallest absolute Gasteiger partial charge is 0.307 e. The Bertz CT molecular complexity index is 160. The Morgan fingerprint density at radius 2 is 1.75 bits per heavy atom. The van der Waals surface area contributed by atoms with Crippen molar-refractivity contribution in [3.05, 3.63) is 0 Å². The first kappa shape index (κ1) is 15.4. The van der Waals surface area contributed by atoms with Crippen molar-refractivity contribution < 1.29 is 9.53 Å². The number of unbranched alkanes of at least 4 members (excludes halogenated alkanes) is 5. The molecule has 0 aromatic rings. The number of carbonyl (C=O) groups excluding carboxylic acids is 1. The number of carbonyl (C=O) groups is 1. The highest BCUT2D eigenvalue weighted by atomic mass is 16.5. The molecule has 3 heteroatoms. The van der Waals surface area contributed by atoms with Crippen LogP contribution in [0.5, 0.6) is 0 Å². The summed E-state index contributed by atoms with van der Waals surface area (Å²) in [5.41, 5.74) is 0. The predicted molar refractivity (Wildman–Crippen MR) is 67.5 cm³/mol. The average molecular weight is 229 g/mol. The lowest BCUT2D eigenvalue weighted by Gasteiger charge is -2.05. The van der Waals surface area contributed by atoms with Gasteiger partial charge in [0.05, 0.1) is 13.0 Å². The molecule has 0 saturated carbocycles. The summed E-state index contributed by atoms with van der Waals surface area (Å²) in [6, 6.07) is 0. The van der Waals surface area contributed by atoms with E-state index in [0.29, 0.717) is 13.0 Å². The molecule has 0 fully saturated rings. The molecular weight excluding hydrogens is 202 g/mol. The van der Waals surface area contributed by atoms with Gasteiger partial charge in [0.1, 0.15) is 0 Å². The quantitative estimate of drug-likeness (QED) is 0.437. The molecule has 0 heterocycles. The Morgan fingerprint density at radius 1 is 1.06 bits per heavy atom. The first-order valence-electron chi connectivity index (χ1n) is 6.67. The molecule has 0 unspecified atom stereocenters. The highest BCUT2D eigenvalue weighted by Crippen LogP contribution is 2.04. The Morgan fingerprint density at radius 3 is 2.44 bits per heavy atom. The van der Waals surface area contributed by atoms with E-state index in [4.69, 9.17) is 4.74 Å². The van der Waals surface area contributed by atoms with Crippen molar-refractivity contribution in [3.8, 4) is 0 Å². The maximum Gasteiger partial charge on any atom is 0.307 e. The average Bonchev–Trinajstić information content (AvgIpc) is 2.28. The molecule has 0 rings (SSSR count). The summed E-state index contributed by atoms with van der Waals surface area (Å²) in [5.74, 6) is -0.0745. The third kappa shape index (κ3) is 11.5. The molecule has 0 aromatic carbocycles. The summed E-state index contributed by atoms with van der Waals surface area (Å²) in [5, 5.41) is 3.10. The Kier molecular flexibility index (Phi) is 12.1. The van der Waals surface area contributed by atoms with Gasteiger partial charge in [0.15, 0.2) is 0 Å². The van der Waals surface area contributed by atoms with Crippen LogP contribution in [0.25, 0.3) is 0 Å². The minimum atomic E-state index is -0.0745. The van der Waals surface area contributed by atoms with Gasteiger partial charge in [-0.2, -0.15) is 0 Å². The molecule has 0 aliphatic carbocycles. The number of hydrogen-bond acceptors (Lipinski definition) is 3. The molecule has 0 spiro atoms. The Labute approximate surface area is 99.9 Å². The molecule has 3 nitrogen and oxygen atoms in total. The number of rotatable bonds is 11. The first-order chi connectivity index (χ1) is 7.81. The van der Waals surface area contributed by atoms with E-state index in [2.05, 4.69) is 12.2 Å². The maximum atomic E-state index is 11.2. The number of nitrogens with one attached hydrogen (secondary N) is 1. The number of esters is 1. The first-order valence-corrected chi connectivity index (χ1v) is 6.67. The van der Waals surface area contributed by atoms with Crippen LogP contribution in [0.15, 0.2) is 0 Å². The van der Waals surface area contributed by atoms with Crippen LogP contribution in [0, 0.1) is 0 Å². The van der Waals surface area contributed by atoms with Crippen molar-refractivity contribution in [2.75, 3.05) is 19.7 Å². The van der Waals surface area contributed by atoms with Crippen LogP contribution in [0.2, 0.25) is 0 Å². The molecule has 16 heavy (non-hydrogen) atoms. The fourth-order valence-corrected chi connectivity index (χ4v) is 1.51. The van der Waals surface area contributed by atoms with Crippen LogP contribution in [0.3, 0.4) is 0 Å². The van der Waals surface area contributed by atoms with Crippen molar-refractivity contribution in [1.29, 1.82) is 0 Å². The van der Waals surface area contributed by atoms with Gasteiger partial charge in [-0.3, -0.25) is 4.79 Å². The Balaban J connectivity index is 3.09. The van der Waals surface area contributed by atoms with Gasteiger partial charge in [0.2, 0.25) is 0 Å². The third-order valence-corrected chi connectivity index (χ3v) is 2.52. The summed E-state index contributed by atoms with van der Waals surface area (Å²) in [4.78, 5) is 11.2. The van der Waals surface area contributed by atoms with Gasteiger partial charge in [0.25, 0.3) is 0 Å². The zero-order valence-corrected chi connectivity index (χ0v) is 10.9. The second-order valence-corrected chi connectivity index (χ2v) is 4.09. The van der Waals surface area contributed by atoms with Gasteiger partial charge < -0.3 is 10.1 Å². The van der Waals surface area contributed by atoms with Gasteiger partial charge in [-0.05, 0) is 13.0 Å². The second kappa shape index (κ2) is 12.5. The molecular formula is C13H27NO2. The lowest BCUT2D eigenvalue weighted by atomic mass is 10.1. The van der Waals surface area contributed by atoms with E-state index in [0.717, 1.165) is 19.5 Å². The van der Waals surface area contributed by atoms with E-state index < -0.39 is 0 Å². The van der Waals surface area contributed by atoms with Crippen molar-refractivity contribution in [2.45, 2.75) is 58.8 Å². The molecule has 0 amide bonds. The minimum Gasteiger partial charge on any atom is -0.466 e. The lowest BCUT2D eigenvalue weighted by Crippen LogP contribution is -2.18. The van der Waals surface area contributed by atoms with Crippen LogP contribution < -0.4 is 5.32 Å². The molecule has 0 aliphatic rings. The van der Waals surface area contributed by atoms with E-state index in [1.54, 1.807) is 0 Å². The molecule has 0 aromatic heterocycles. The molecule has 0 saturated heterocycles.